The van der Waals surface area contributed by atoms with Crippen LogP contribution in [-0.2, 0) is 0 Å². The Labute approximate surface area is 123 Å². The molecular weight excluding hydrogens is 330 g/mol. The molecular formula is C13H12BrNO3S. The smallest absolute Gasteiger partial charge is 0.358 e. The van der Waals surface area contributed by atoms with Gasteiger partial charge in [0.25, 0.3) is 0 Å². The van der Waals surface area contributed by atoms with Crippen LogP contribution >= 0.6 is 27.7 Å². The van der Waals surface area contributed by atoms with E-state index in [1.54, 1.807) is 11.8 Å². The van der Waals surface area contributed by atoms with E-state index >= 15 is 0 Å². The van der Waals surface area contributed by atoms with Crippen LogP contribution in [0.3, 0.4) is 0 Å². The van der Waals surface area contributed by atoms with Crippen molar-refractivity contribution in [1.29, 1.82) is 0 Å². The maximum atomic E-state index is 10.8. The molecule has 0 radical (unpaired) electrons. The molecule has 100 valence electrons. The van der Waals surface area contributed by atoms with E-state index in [1.165, 1.54) is 6.07 Å². The molecule has 1 aromatic carbocycles. The van der Waals surface area contributed by atoms with Crippen LogP contribution in [0.2, 0.25) is 0 Å². The molecule has 0 aliphatic heterocycles. The van der Waals surface area contributed by atoms with E-state index in [2.05, 4.69) is 34.9 Å². The van der Waals surface area contributed by atoms with Gasteiger partial charge in [-0.3, -0.25) is 0 Å². The first-order valence-electron chi connectivity index (χ1n) is 5.64. The lowest BCUT2D eigenvalue weighted by atomic mass is 10.1. The first-order valence-corrected chi connectivity index (χ1v) is 7.31. The molecule has 0 saturated carbocycles. The fourth-order valence-electron chi connectivity index (χ4n) is 1.52. The van der Waals surface area contributed by atoms with Gasteiger partial charge in [-0.25, -0.2) is 4.79 Å². The van der Waals surface area contributed by atoms with Crippen molar-refractivity contribution in [2.75, 3.05) is 0 Å². The maximum absolute atomic E-state index is 10.8. The van der Waals surface area contributed by atoms with Crippen molar-refractivity contribution in [2.24, 2.45) is 0 Å². The Morgan fingerprint density at radius 1 is 1.42 bits per heavy atom. The van der Waals surface area contributed by atoms with Crippen molar-refractivity contribution in [2.45, 2.75) is 24.0 Å². The van der Waals surface area contributed by atoms with E-state index in [1.807, 2.05) is 18.2 Å². The van der Waals surface area contributed by atoms with Gasteiger partial charge in [0, 0.05) is 26.2 Å². The highest BCUT2D eigenvalue weighted by molar-refractivity contribution is 9.10. The molecule has 0 aliphatic carbocycles. The monoisotopic (exact) mass is 341 g/mol. The van der Waals surface area contributed by atoms with Gasteiger partial charge in [-0.15, -0.1) is 11.8 Å². The van der Waals surface area contributed by atoms with Crippen LogP contribution in [0, 0.1) is 0 Å². The Kier molecular flexibility index (Phi) is 4.31. The summed E-state index contributed by atoms with van der Waals surface area (Å²) in [6.07, 6.45) is 0. The molecule has 0 unspecified atom stereocenters. The Morgan fingerprint density at radius 3 is 2.68 bits per heavy atom. The van der Waals surface area contributed by atoms with Crippen LogP contribution in [0.25, 0.3) is 11.3 Å². The summed E-state index contributed by atoms with van der Waals surface area (Å²) in [4.78, 5) is 11.9. The van der Waals surface area contributed by atoms with Crippen LogP contribution in [0.15, 0.2) is 38.2 Å². The first-order chi connectivity index (χ1) is 8.97. The molecule has 0 atom stereocenters. The molecule has 1 heterocycles. The number of carbonyl (C=O) groups is 1. The molecule has 4 nitrogen and oxygen atoms in total. The predicted molar refractivity (Wildman–Crippen MR) is 77.6 cm³/mol. The molecule has 6 heteroatoms. The quantitative estimate of drug-likeness (QED) is 0.839. The van der Waals surface area contributed by atoms with Gasteiger partial charge >= 0.3 is 5.97 Å². The number of hydrogen-bond donors (Lipinski definition) is 1. The SMILES string of the molecule is CC(C)Sc1ccc(-c2cc(C(=O)O)no2)cc1Br. The number of aromatic nitrogens is 1. The van der Waals surface area contributed by atoms with Crippen LogP contribution in [0.5, 0.6) is 0 Å². The third-order valence-corrected chi connectivity index (χ3v) is 4.31. The number of hydrogen-bond acceptors (Lipinski definition) is 4. The number of carboxylic acids is 1. The highest BCUT2D eigenvalue weighted by Crippen LogP contribution is 2.34. The normalized spacial score (nSPS) is 10.9. The van der Waals surface area contributed by atoms with E-state index < -0.39 is 5.97 Å². The molecule has 0 amide bonds. The lowest BCUT2D eigenvalue weighted by molar-refractivity contribution is 0.0686. The van der Waals surface area contributed by atoms with Crippen molar-refractivity contribution in [3.05, 3.63) is 34.4 Å². The largest absolute Gasteiger partial charge is 0.476 e. The van der Waals surface area contributed by atoms with Gasteiger partial charge in [-0.1, -0.05) is 19.0 Å². The van der Waals surface area contributed by atoms with Crippen molar-refractivity contribution < 1.29 is 14.4 Å². The van der Waals surface area contributed by atoms with Gasteiger partial charge in [0.2, 0.25) is 0 Å². The second kappa shape index (κ2) is 5.79. The van der Waals surface area contributed by atoms with E-state index in [0.717, 1.165) is 14.9 Å². The van der Waals surface area contributed by atoms with Gasteiger partial charge in [0.05, 0.1) is 0 Å². The summed E-state index contributed by atoms with van der Waals surface area (Å²) in [6, 6.07) is 7.19. The minimum atomic E-state index is -1.10. The fourth-order valence-corrected chi connectivity index (χ4v) is 3.00. The van der Waals surface area contributed by atoms with E-state index in [0.29, 0.717) is 11.0 Å². The van der Waals surface area contributed by atoms with Gasteiger partial charge in [-0.05, 0) is 34.1 Å². The number of rotatable bonds is 4. The van der Waals surface area contributed by atoms with Gasteiger partial charge < -0.3 is 9.63 Å². The van der Waals surface area contributed by atoms with Crippen molar-refractivity contribution >= 4 is 33.7 Å². The molecule has 0 spiro atoms. The fraction of sp³-hybridized carbons (Fsp3) is 0.231. The zero-order valence-corrected chi connectivity index (χ0v) is 12.8. The second-order valence-electron chi connectivity index (χ2n) is 4.19. The minimum absolute atomic E-state index is 0.0910. The first kappa shape index (κ1) is 14.1. The summed E-state index contributed by atoms with van der Waals surface area (Å²) in [5.74, 6) is -0.653. The Hall–Kier alpha value is -1.27. The number of nitrogens with zero attached hydrogens (tertiary/aromatic N) is 1. The molecule has 0 aliphatic rings. The third-order valence-electron chi connectivity index (χ3n) is 2.31. The average molecular weight is 342 g/mol. The van der Waals surface area contributed by atoms with E-state index in [-0.39, 0.29) is 5.69 Å². The van der Waals surface area contributed by atoms with Gasteiger partial charge in [0.15, 0.2) is 11.5 Å². The Bertz CT molecular complexity index is 610. The lowest BCUT2D eigenvalue weighted by Crippen LogP contribution is -1.94. The van der Waals surface area contributed by atoms with Gasteiger partial charge in [-0.2, -0.15) is 0 Å². The van der Waals surface area contributed by atoms with Crippen molar-refractivity contribution in [3.63, 3.8) is 0 Å². The molecule has 0 fully saturated rings. The van der Waals surface area contributed by atoms with E-state index in [4.69, 9.17) is 9.63 Å². The number of benzene rings is 1. The number of halogens is 1. The van der Waals surface area contributed by atoms with Crippen molar-refractivity contribution in [3.8, 4) is 11.3 Å². The predicted octanol–water partition coefficient (Wildman–Crippen LogP) is 4.30. The Balaban J connectivity index is 2.30. The number of aromatic carboxylic acids is 1. The topological polar surface area (TPSA) is 63.3 Å². The third kappa shape index (κ3) is 3.39. The van der Waals surface area contributed by atoms with Crippen LogP contribution in [0.1, 0.15) is 24.3 Å². The molecule has 1 N–H and O–H groups in total. The Morgan fingerprint density at radius 2 is 2.16 bits per heavy atom. The summed E-state index contributed by atoms with van der Waals surface area (Å²) in [6.45, 7) is 4.25. The number of thioether (sulfide) groups is 1. The van der Waals surface area contributed by atoms with Crippen LogP contribution in [-0.4, -0.2) is 21.5 Å². The van der Waals surface area contributed by atoms with E-state index in [9.17, 15) is 4.79 Å². The summed E-state index contributed by atoms with van der Waals surface area (Å²) >= 11 is 5.26. The highest BCUT2D eigenvalue weighted by atomic mass is 79.9. The standard InChI is InChI=1S/C13H12BrNO3S/c1-7(2)19-12-4-3-8(5-9(12)14)11-6-10(13(16)17)15-18-11/h3-7H,1-2H3,(H,16,17). The summed E-state index contributed by atoms with van der Waals surface area (Å²) in [7, 11) is 0. The summed E-state index contributed by atoms with van der Waals surface area (Å²) < 4.78 is 5.99. The van der Waals surface area contributed by atoms with Crippen LogP contribution in [0.4, 0.5) is 0 Å². The molecule has 2 aromatic rings. The number of carboxylic acid groups (broad SMARTS) is 1. The van der Waals surface area contributed by atoms with Crippen molar-refractivity contribution in [1.82, 2.24) is 5.16 Å². The summed E-state index contributed by atoms with van der Waals surface area (Å²) in [5, 5.41) is 12.8. The van der Waals surface area contributed by atoms with Gasteiger partial charge in [0.1, 0.15) is 0 Å². The summed E-state index contributed by atoms with van der Waals surface area (Å²) in [5.41, 5.74) is 0.701. The maximum Gasteiger partial charge on any atom is 0.358 e. The zero-order chi connectivity index (χ0) is 14.0. The minimum Gasteiger partial charge on any atom is -0.476 e. The molecule has 2 rings (SSSR count). The molecule has 0 bridgehead atoms. The lowest BCUT2D eigenvalue weighted by Gasteiger charge is -2.07. The molecule has 0 saturated heterocycles. The highest BCUT2D eigenvalue weighted by Gasteiger charge is 2.13. The average Bonchev–Trinajstić information content (AvgIpc) is 2.80. The van der Waals surface area contributed by atoms with Crippen LogP contribution < -0.4 is 0 Å². The molecule has 19 heavy (non-hydrogen) atoms. The zero-order valence-electron chi connectivity index (χ0n) is 10.4. The second-order valence-corrected chi connectivity index (χ2v) is 6.67. The molecule has 1 aromatic heterocycles.